The number of esters is 4. The van der Waals surface area contributed by atoms with Crippen molar-refractivity contribution in [2.75, 3.05) is 6.61 Å². The summed E-state index contributed by atoms with van der Waals surface area (Å²) in [7, 11) is 0. The van der Waals surface area contributed by atoms with Crippen molar-refractivity contribution < 1.29 is 127 Å². The molecule has 0 heterocycles. The summed E-state index contributed by atoms with van der Waals surface area (Å²) >= 11 is 0. The fraction of sp³-hybridized carbons (Fsp3) is 0.317. The van der Waals surface area contributed by atoms with Gasteiger partial charge in [-0.05, 0) is 81.5 Å². The van der Waals surface area contributed by atoms with Crippen LogP contribution in [0.1, 0.15) is 115 Å². The number of amides is 3. The van der Waals surface area contributed by atoms with Gasteiger partial charge in [0.15, 0.2) is 46.5 Å². The largest absolute Gasteiger partial charge is 0.449 e. The van der Waals surface area contributed by atoms with Crippen LogP contribution >= 0.6 is 0 Å². The fourth-order valence-corrected chi connectivity index (χ4v) is 9.94. The third kappa shape index (κ3) is 17.5. The van der Waals surface area contributed by atoms with Crippen LogP contribution in [0.5, 0.6) is 23.0 Å². The van der Waals surface area contributed by atoms with Gasteiger partial charge in [-0.1, -0.05) is 48.5 Å². The van der Waals surface area contributed by atoms with E-state index in [1.54, 1.807) is 36.4 Å². The molecule has 94 heavy (non-hydrogen) atoms. The van der Waals surface area contributed by atoms with Crippen LogP contribution in [0, 0.1) is 93.1 Å². The Bertz CT molecular complexity index is 3460. The fourth-order valence-electron chi connectivity index (χ4n) is 9.94. The lowest BCUT2D eigenvalue weighted by Gasteiger charge is -2.34. The van der Waals surface area contributed by atoms with Crippen LogP contribution in [0.25, 0.3) is 11.1 Å². The van der Waals surface area contributed by atoms with Crippen molar-refractivity contribution in [1.29, 1.82) is 0 Å². The molecule has 1 aliphatic rings. The molecule has 3 amide bonds. The lowest BCUT2D eigenvalue weighted by molar-refractivity contribution is -0.137. The summed E-state index contributed by atoms with van der Waals surface area (Å²) < 4.78 is 252. The second kappa shape index (κ2) is 29.9. The second-order valence-electron chi connectivity index (χ2n) is 22.3. The molecule has 0 bridgehead atoms. The first kappa shape index (κ1) is 71.7. The molecule has 502 valence electrons. The molecule has 0 aromatic heterocycles. The minimum atomic E-state index is -2.13. The van der Waals surface area contributed by atoms with Gasteiger partial charge in [0.05, 0.1) is 0 Å². The zero-order chi connectivity index (χ0) is 69.3. The summed E-state index contributed by atoms with van der Waals surface area (Å²) in [4.78, 5) is 94.2. The van der Waals surface area contributed by atoms with E-state index in [1.807, 2.05) is 12.1 Å². The molecule has 6 aromatic carbocycles. The Morgan fingerprint density at radius 3 is 0.851 bits per heavy atom. The minimum Gasteiger partial charge on any atom is -0.449 e. The minimum absolute atomic E-state index is 0.190. The molecule has 0 saturated heterocycles. The Labute approximate surface area is 522 Å². The Morgan fingerprint density at radius 2 is 0.585 bits per heavy atom. The number of carbonyl (C=O) groups excluding carboxylic acids is 7. The summed E-state index contributed by atoms with van der Waals surface area (Å²) in [6.07, 6.45) is -10.5. The molecule has 7 rings (SSSR count). The quantitative estimate of drug-likeness (QED) is 0.0191. The van der Waals surface area contributed by atoms with Crippen molar-refractivity contribution in [3.05, 3.63) is 177 Å². The Balaban J connectivity index is 1.12. The van der Waals surface area contributed by atoms with Crippen molar-refractivity contribution in [3.8, 4) is 34.1 Å². The third-order valence-corrected chi connectivity index (χ3v) is 15.1. The molecular weight excluding hydrogens is 1290 g/mol. The topological polar surface area (TPSA) is 202 Å². The van der Waals surface area contributed by atoms with Gasteiger partial charge in [-0.3, -0.25) is 28.8 Å². The molecule has 0 radical (unpaired) electrons. The van der Waals surface area contributed by atoms with Crippen LogP contribution in [-0.2, 0) is 33.5 Å². The smallest absolute Gasteiger partial charge is 0.407 e. The summed E-state index contributed by atoms with van der Waals surface area (Å²) in [5.41, 5.74) is -2.47. The number of fused-ring (bicyclic) bond motifs is 3. The number of benzene rings is 6. The number of halogens is 16. The molecule has 0 saturated carbocycles. The average Bonchev–Trinajstić information content (AvgIpc) is 1.48. The monoisotopic (exact) mass is 1350 g/mol. The average molecular weight is 1350 g/mol. The lowest BCUT2D eigenvalue weighted by Crippen LogP contribution is -2.51. The van der Waals surface area contributed by atoms with Crippen LogP contribution in [0.3, 0.4) is 0 Å². The van der Waals surface area contributed by atoms with Crippen LogP contribution < -0.4 is 34.9 Å². The highest BCUT2D eigenvalue weighted by Crippen LogP contribution is 2.45. The van der Waals surface area contributed by atoms with E-state index >= 15 is 0 Å². The van der Waals surface area contributed by atoms with Crippen molar-refractivity contribution in [3.63, 3.8) is 0 Å². The maximum Gasteiger partial charge on any atom is 0.407 e. The van der Waals surface area contributed by atoms with Gasteiger partial charge in [0, 0.05) is 85.3 Å². The highest BCUT2D eigenvalue weighted by Gasteiger charge is 2.38. The predicted octanol–water partition coefficient (Wildman–Crippen LogP) is 13.4. The van der Waals surface area contributed by atoms with Gasteiger partial charge < -0.3 is 39.6 Å². The molecule has 6 aromatic rings. The molecule has 3 N–H and O–H groups in total. The summed E-state index contributed by atoms with van der Waals surface area (Å²) in [6.45, 7) is 3.25. The highest BCUT2D eigenvalue weighted by molar-refractivity contribution is 5.81. The van der Waals surface area contributed by atoms with E-state index in [9.17, 15) is 104 Å². The number of carbonyl (C=O) groups is 7. The SMILES string of the molecule is CC(CCC(=O)Oc1c(F)c(F)cc(F)c1F)(CCC(=O)Oc1c(F)c(F)cc(F)c1F)NC(=O)CCC(C)(CCC(=O)NC(C)(CCC(=O)Oc1c(F)c(F)cc(F)c1F)CCC(=O)Oc1c(F)c(F)cc(F)c1F)NC(=O)OCC1c2ccccc2-c2ccccc21. The zero-order valence-electron chi connectivity index (χ0n) is 49.1. The van der Waals surface area contributed by atoms with Gasteiger partial charge in [0.25, 0.3) is 0 Å². The van der Waals surface area contributed by atoms with Crippen LogP contribution in [-0.4, -0.2) is 65.0 Å². The number of rotatable bonds is 27. The number of nitrogens with one attached hydrogen (secondary N) is 3. The highest BCUT2D eigenvalue weighted by atomic mass is 19.2. The van der Waals surface area contributed by atoms with E-state index in [0.717, 1.165) is 36.1 Å². The third-order valence-electron chi connectivity index (χ3n) is 15.1. The van der Waals surface area contributed by atoms with E-state index in [0.29, 0.717) is 0 Å². The second-order valence-corrected chi connectivity index (χ2v) is 22.3. The van der Waals surface area contributed by atoms with E-state index in [-0.39, 0.29) is 30.9 Å². The van der Waals surface area contributed by atoms with E-state index < -0.39 is 257 Å². The van der Waals surface area contributed by atoms with E-state index in [4.69, 9.17) is 4.74 Å². The standard InChI is InChI=1S/C63H51F16N3O12/c1-61(20-14-44(85)91-56-48(72)34(64)24-35(65)49(56)73,21-15-45(86)92-57-50(74)36(66)25-37(67)51(57)75)80-42(83)12-18-63(3,82-60(89)90-28-33-31-10-6-4-8-29(31)30-9-5-7-11-32(30)33)19-13-43(84)81-62(2,22-16-46(87)93-58-52(76)38(68)26-39(69)53(58)77)23-17-47(88)94-59-54(78)40(70)27-41(71)55(59)79/h4-11,24-27,33H,12-23,28H2,1-3H3,(H,80,83)(H,81,84)(H,82,89). The zero-order valence-corrected chi connectivity index (χ0v) is 49.1. The first-order chi connectivity index (χ1) is 44.1. The normalized spacial score (nSPS) is 12.2. The summed E-state index contributed by atoms with van der Waals surface area (Å²) in [5.74, 6) is -49.0. The molecule has 31 heteroatoms. The van der Waals surface area contributed by atoms with Gasteiger partial charge in [-0.25, -0.2) is 39.9 Å². The molecule has 0 fully saturated rings. The van der Waals surface area contributed by atoms with Crippen LogP contribution in [0.15, 0.2) is 72.8 Å². The van der Waals surface area contributed by atoms with Gasteiger partial charge >= 0.3 is 30.0 Å². The van der Waals surface area contributed by atoms with Gasteiger partial charge in [0.1, 0.15) is 6.61 Å². The first-order valence-electron chi connectivity index (χ1n) is 28.0. The van der Waals surface area contributed by atoms with Crippen LogP contribution in [0.4, 0.5) is 75.0 Å². The molecule has 0 aliphatic heterocycles. The Morgan fingerprint density at radius 1 is 0.351 bits per heavy atom. The Kier molecular flexibility index (Phi) is 22.8. The van der Waals surface area contributed by atoms with Crippen molar-refractivity contribution in [2.24, 2.45) is 0 Å². The van der Waals surface area contributed by atoms with Crippen molar-refractivity contribution in [1.82, 2.24) is 16.0 Å². The maximum atomic E-state index is 14.5. The lowest BCUT2D eigenvalue weighted by atomic mass is 9.87. The molecule has 0 spiro atoms. The molecule has 0 unspecified atom stereocenters. The molecule has 0 atom stereocenters. The van der Waals surface area contributed by atoms with Crippen molar-refractivity contribution in [2.45, 2.75) is 120 Å². The van der Waals surface area contributed by atoms with E-state index in [1.165, 1.54) is 6.92 Å². The van der Waals surface area contributed by atoms with E-state index in [2.05, 4.69) is 34.9 Å². The number of ether oxygens (including phenoxy) is 5. The summed E-state index contributed by atoms with van der Waals surface area (Å²) in [5, 5.41) is 7.54. The number of alkyl carbamates (subject to hydrolysis) is 1. The number of hydrogen-bond acceptors (Lipinski definition) is 12. The maximum absolute atomic E-state index is 14.5. The number of hydrogen-bond donors (Lipinski definition) is 3. The van der Waals surface area contributed by atoms with Gasteiger partial charge in [-0.15, -0.1) is 0 Å². The first-order valence-corrected chi connectivity index (χ1v) is 28.0. The van der Waals surface area contributed by atoms with Crippen molar-refractivity contribution >= 4 is 41.8 Å². The Hall–Kier alpha value is -9.71. The van der Waals surface area contributed by atoms with Gasteiger partial charge in [0.2, 0.25) is 81.4 Å². The summed E-state index contributed by atoms with van der Waals surface area (Å²) in [6, 6.07) is 13.6. The predicted molar refractivity (Wildman–Crippen MR) is 293 cm³/mol. The molecular formula is C63H51F16N3O12. The van der Waals surface area contributed by atoms with Crippen LogP contribution in [0.2, 0.25) is 0 Å². The molecule has 15 nitrogen and oxygen atoms in total. The van der Waals surface area contributed by atoms with Gasteiger partial charge in [-0.2, -0.15) is 35.1 Å². The molecule has 1 aliphatic carbocycles.